The van der Waals surface area contributed by atoms with Crippen LogP contribution in [0.4, 0.5) is 0 Å². The molecule has 1 N–H and O–H groups in total. The van der Waals surface area contributed by atoms with E-state index < -0.39 is 0 Å². The molecule has 3 aromatic rings. The molecule has 2 aromatic heterocycles. The maximum absolute atomic E-state index is 12.4. The first-order valence-corrected chi connectivity index (χ1v) is 8.46. The van der Waals surface area contributed by atoms with Gasteiger partial charge in [0.15, 0.2) is 0 Å². The van der Waals surface area contributed by atoms with Crippen molar-refractivity contribution in [2.75, 3.05) is 0 Å². The second-order valence-electron chi connectivity index (χ2n) is 6.30. The number of carbonyl (C=O) groups excluding carboxylic acids is 1. The summed E-state index contributed by atoms with van der Waals surface area (Å²) in [6.07, 6.45) is 8.66. The van der Waals surface area contributed by atoms with Crippen LogP contribution in [0.1, 0.15) is 47.8 Å². The molecule has 0 bridgehead atoms. The number of amides is 1. The van der Waals surface area contributed by atoms with Crippen LogP contribution < -0.4 is 5.32 Å². The molecule has 0 saturated heterocycles. The van der Waals surface area contributed by atoms with E-state index in [0.717, 1.165) is 16.7 Å². The Hall–Kier alpha value is -2.69. The summed E-state index contributed by atoms with van der Waals surface area (Å²) in [6, 6.07) is 12.0. The van der Waals surface area contributed by atoms with Crippen molar-refractivity contribution in [1.29, 1.82) is 0 Å². The average molecular weight is 320 g/mol. The van der Waals surface area contributed by atoms with Gasteiger partial charge in [-0.3, -0.25) is 9.78 Å². The summed E-state index contributed by atoms with van der Waals surface area (Å²) < 4.78 is 2.26. The van der Waals surface area contributed by atoms with Crippen LogP contribution in [0, 0.1) is 0 Å². The highest BCUT2D eigenvalue weighted by Gasteiger charge is 2.19. The number of aromatic nitrogens is 3. The molecule has 1 aliphatic carbocycles. The largest absolute Gasteiger partial charge is 0.346 e. The minimum Gasteiger partial charge on any atom is -0.346 e. The van der Waals surface area contributed by atoms with Crippen LogP contribution in [0.5, 0.6) is 0 Å². The van der Waals surface area contributed by atoms with Crippen LogP contribution >= 0.6 is 0 Å². The SMILES string of the molecule is O=C(NCc1ccccn1)c1ccc2c(c1)ncn2C1CCCC1. The van der Waals surface area contributed by atoms with E-state index >= 15 is 0 Å². The van der Waals surface area contributed by atoms with Gasteiger partial charge >= 0.3 is 0 Å². The fourth-order valence-corrected chi connectivity index (χ4v) is 3.42. The Bertz CT molecular complexity index is 850. The molecule has 5 heteroatoms. The molecule has 1 amide bonds. The summed E-state index contributed by atoms with van der Waals surface area (Å²) >= 11 is 0. The zero-order valence-electron chi connectivity index (χ0n) is 13.5. The number of imidazole rings is 1. The first kappa shape index (κ1) is 14.9. The van der Waals surface area contributed by atoms with Crippen molar-refractivity contribution < 1.29 is 4.79 Å². The van der Waals surface area contributed by atoms with Crippen molar-refractivity contribution in [1.82, 2.24) is 19.9 Å². The maximum atomic E-state index is 12.4. The van der Waals surface area contributed by atoms with Crippen LogP contribution in [-0.4, -0.2) is 20.4 Å². The topological polar surface area (TPSA) is 59.8 Å². The highest BCUT2D eigenvalue weighted by atomic mass is 16.1. The van der Waals surface area contributed by atoms with Crippen molar-refractivity contribution in [3.8, 4) is 0 Å². The lowest BCUT2D eigenvalue weighted by atomic mass is 10.1. The third-order valence-electron chi connectivity index (χ3n) is 4.71. The summed E-state index contributed by atoms with van der Waals surface area (Å²) in [4.78, 5) is 21.1. The predicted molar refractivity (Wildman–Crippen MR) is 92.6 cm³/mol. The summed E-state index contributed by atoms with van der Waals surface area (Å²) in [5.41, 5.74) is 3.48. The molecule has 0 radical (unpaired) electrons. The van der Waals surface area contributed by atoms with Crippen LogP contribution in [0.25, 0.3) is 11.0 Å². The number of nitrogens with zero attached hydrogens (tertiary/aromatic N) is 3. The van der Waals surface area contributed by atoms with E-state index in [1.54, 1.807) is 6.20 Å². The number of carbonyl (C=O) groups is 1. The Labute approximate surface area is 140 Å². The minimum absolute atomic E-state index is 0.0991. The highest BCUT2D eigenvalue weighted by molar-refractivity contribution is 5.97. The second kappa shape index (κ2) is 6.43. The summed E-state index contributed by atoms with van der Waals surface area (Å²) in [6.45, 7) is 0.425. The number of pyridine rings is 1. The second-order valence-corrected chi connectivity index (χ2v) is 6.30. The fraction of sp³-hybridized carbons (Fsp3) is 0.316. The number of rotatable bonds is 4. The minimum atomic E-state index is -0.0991. The Morgan fingerprint density at radius 3 is 2.83 bits per heavy atom. The summed E-state index contributed by atoms with van der Waals surface area (Å²) in [5.74, 6) is -0.0991. The number of fused-ring (bicyclic) bond motifs is 1. The van der Waals surface area contributed by atoms with Crippen molar-refractivity contribution in [2.45, 2.75) is 38.3 Å². The maximum Gasteiger partial charge on any atom is 0.251 e. The van der Waals surface area contributed by atoms with Crippen molar-refractivity contribution in [3.05, 3.63) is 60.2 Å². The first-order valence-electron chi connectivity index (χ1n) is 8.46. The summed E-state index contributed by atoms with van der Waals surface area (Å²) in [5, 5.41) is 2.91. The number of benzene rings is 1. The Kier molecular flexibility index (Phi) is 3.99. The monoisotopic (exact) mass is 320 g/mol. The number of hydrogen-bond donors (Lipinski definition) is 1. The van der Waals surface area contributed by atoms with Gasteiger partial charge in [0.25, 0.3) is 5.91 Å². The molecule has 1 fully saturated rings. The lowest BCUT2D eigenvalue weighted by Crippen LogP contribution is -2.23. The third-order valence-corrected chi connectivity index (χ3v) is 4.71. The van der Waals surface area contributed by atoms with E-state index in [-0.39, 0.29) is 5.91 Å². The van der Waals surface area contributed by atoms with E-state index in [0.29, 0.717) is 18.2 Å². The lowest BCUT2D eigenvalue weighted by molar-refractivity contribution is 0.0950. The van der Waals surface area contributed by atoms with Gasteiger partial charge in [-0.25, -0.2) is 4.98 Å². The zero-order valence-corrected chi connectivity index (χ0v) is 13.5. The van der Waals surface area contributed by atoms with Gasteiger partial charge in [0, 0.05) is 17.8 Å². The van der Waals surface area contributed by atoms with Gasteiger partial charge in [-0.1, -0.05) is 18.9 Å². The molecule has 122 valence electrons. The summed E-state index contributed by atoms with van der Waals surface area (Å²) in [7, 11) is 0. The molecule has 1 aromatic carbocycles. The molecule has 0 aliphatic heterocycles. The highest BCUT2D eigenvalue weighted by Crippen LogP contribution is 2.32. The number of nitrogens with one attached hydrogen (secondary N) is 1. The molecular formula is C19H20N4O. The van der Waals surface area contributed by atoms with Gasteiger partial charge in [-0.05, 0) is 43.2 Å². The molecule has 0 atom stereocenters. The Balaban J connectivity index is 1.51. The normalized spacial score (nSPS) is 15.0. The third kappa shape index (κ3) is 2.89. The van der Waals surface area contributed by atoms with E-state index in [9.17, 15) is 4.79 Å². The van der Waals surface area contributed by atoms with Crippen LogP contribution in [0.15, 0.2) is 48.9 Å². The van der Waals surface area contributed by atoms with Crippen molar-refractivity contribution >= 4 is 16.9 Å². The number of hydrogen-bond acceptors (Lipinski definition) is 3. The van der Waals surface area contributed by atoms with Crippen LogP contribution in [-0.2, 0) is 6.54 Å². The molecule has 24 heavy (non-hydrogen) atoms. The quantitative estimate of drug-likeness (QED) is 0.800. The Morgan fingerprint density at radius 2 is 2.04 bits per heavy atom. The average Bonchev–Trinajstić information content (AvgIpc) is 3.29. The van der Waals surface area contributed by atoms with Crippen LogP contribution in [0.2, 0.25) is 0 Å². The van der Waals surface area contributed by atoms with Crippen molar-refractivity contribution in [3.63, 3.8) is 0 Å². The lowest BCUT2D eigenvalue weighted by Gasteiger charge is -2.12. The Morgan fingerprint density at radius 1 is 1.17 bits per heavy atom. The smallest absolute Gasteiger partial charge is 0.251 e. The van der Waals surface area contributed by atoms with Gasteiger partial charge in [0.05, 0.1) is 29.6 Å². The molecule has 1 aliphatic rings. The first-order chi connectivity index (χ1) is 11.8. The standard InChI is InChI=1S/C19H20N4O/c24-19(21-12-15-5-3-4-10-20-15)14-8-9-18-17(11-14)22-13-23(18)16-6-1-2-7-16/h3-5,8-11,13,16H,1-2,6-7,12H2,(H,21,24). The van der Waals surface area contributed by atoms with E-state index in [1.165, 1.54) is 25.7 Å². The molecule has 0 spiro atoms. The molecule has 4 rings (SSSR count). The molecular weight excluding hydrogens is 300 g/mol. The molecule has 2 heterocycles. The zero-order chi connectivity index (χ0) is 16.4. The van der Waals surface area contributed by atoms with Crippen molar-refractivity contribution in [2.24, 2.45) is 0 Å². The van der Waals surface area contributed by atoms with E-state index in [4.69, 9.17) is 0 Å². The van der Waals surface area contributed by atoms with E-state index in [1.807, 2.05) is 42.7 Å². The van der Waals surface area contributed by atoms with Gasteiger partial charge in [-0.15, -0.1) is 0 Å². The predicted octanol–water partition coefficient (Wildman–Crippen LogP) is 3.48. The molecule has 5 nitrogen and oxygen atoms in total. The van der Waals surface area contributed by atoms with Gasteiger partial charge < -0.3 is 9.88 Å². The van der Waals surface area contributed by atoms with E-state index in [2.05, 4.69) is 19.9 Å². The molecule has 1 saturated carbocycles. The van der Waals surface area contributed by atoms with Gasteiger partial charge in [0.2, 0.25) is 0 Å². The van der Waals surface area contributed by atoms with Gasteiger partial charge in [-0.2, -0.15) is 0 Å². The fourth-order valence-electron chi connectivity index (χ4n) is 3.42. The molecule has 0 unspecified atom stereocenters. The van der Waals surface area contributed by atoms with Gasteiger partial charge in [0.1, 0.15) is 0 Å². The van der Waals surface area contributed by atoms with Crippen LogP contribution in [0.3, 0.4) is 0 Å².